The molecule has 19 heavy (non-hydrogen) atoms. The molecule has 2 unspecified atom stereocenters. The van der Waals surface area contributed by atoms with Crippen LogP contribution in [0.2, 0.25) is 0 Å². The molecule has 1 saturated heterocycles. The van der Waals surface area contributed by atoms with Gasteiger partial charge in [-0.2, -0.15) is 0 Å². The summed E-state index contributed by atoms with van der Waals surface area (Å²) in [7, 11) is 0. The van der Waals surface area contributed by atoms with E-state index in [2.05, 4.69) is 42.3 Å². The Morgan fingerprint density at radius 3 is 3.00 bits per heavy atom. The zero-order valence-corrected chi connectivity index (χ0v) is 12.3. The van der Waals surface area contributed by atoms with Crippen molar-refractivity contribution >= 4 is 5.69 Å². The van der Waals surface area contributed by atoms with Crippen LogP contribution in [-0.4, -0.2) is 25.7 Å². The Morgan fingerprint density at radius 2 is 2.16 bits per heavy atom. The van der Waals surface area contributed by atoms with Crippen molar-refractivity contribution in [2.45, 2.75) is 45.6 Å². The minimum Gasteiger partial charge on any atom is -0.369 e. The van der Waals surface area contributed by atoms with Crippen LogP contribution in [0.4, 0.5) is 5.69 Å². The Bertz CT molecular complexity index is 441. The number of aryl methyl sites for hydroxylation is 2. The molecule has 1 fully saturated rings. The number of hydrogen-bond acceptors (Lipinski definition) is 2. The van der Waals surface area contributed by atoms with Crippen molar-refractivity contribution in [2.75, 3.05) is 24.5 Å². The van der Waals surface area contributed by atoms with Gasteiger partial charge < -0.3 is 10.2 Å². The van der Waals surface area contributed by atoms with E-state index in [0.717, 1.165) is 25.6 Å². The lowest BCUT2D eigenvalue weighted by atomic mass is 9.96. The van der Waals surface area contributed by atoms with Crippen LogP contribution in [-0.2, 0) is 12.8 Å². The highest BCUT2D eigenvalue weighted by atomic mass is 15.2. The molecule has 1 aliphatic heterocycles. The van der Waals surface area contributed by atoms with E-state index in [1.54, 1.807) is 11.1 Å². The Morgan fingerprint density at radius 1 is 1.32 bits per heavy atom. The van der Waals surface area contributed by atoms with Gasteiger partial charge in [0.1, 0.15) is 0 Å². The van der Waals surface area contributed by atoms with Gasteiger partial charge in [0.25, 0.3) is 0 Å². The van der Waals surface area contributed by atoms with E-state index in [4.69, 9.17) is 0 Å². The highest BCUT2D eigenvalue weighted by Gasteiger charge is 2.24. The largest absolute Gasteiger partial charge is 0.369 e. The van der Waals surface area contributed by atoms with Gasteiger partial charge in [0, 0.05) is 31.4 Å². The van der Waals surface area contributed by atoms with Crippen molar-refractivity contribution < 1.29 is 0 Å². The predicted molar refractivity (Wildman–Crippen MR) is 81.9 cm³/mol. The normalized spacial score (nSPS) is 24.3. The molecule has 3 rings (SSSR count). The van der Waals surface area contributed by atoms with E-state index >= 15 is 0 Å². The maximum Gasteiger partial charge on any atom is 0.0370 e. The molecule has 2 aliphatic rings. The second kappa shape index (κ2) is 5.54. The summed E-state index contributed by atoms with van der Waals surface area (Å²) in [6, 6.07) is 7.79. The van der Waals surface area contributed by atoms with E-state index in [-0.39, 0.29) is 0 Å². The first-order valence-corrected chi connectivity index (χ1v) is 7.88. The average molecular weight is 258 g/mol. The number of benzene rings is 1. The van der Waals surface area contributed by atoms with Crippen molar-refractivity contribution in [3.8, 4) is 0 Å². The van der Waals surface area contributed by atoms with Crippen molar-refractivity contribution in [3.63, 3.8) is 0 Å². The Kier molecular flexibility index (Phi) is 3.79. The summed E-state index contributed by atoms with van der Waals surface area (Å²) < 4.78 is 0. The van der Waals surface area contributed by atoms with Crippen molar-refractivity contribution in [3.05, 3.63) is 29.3 Å². The van der Waals surface area contributed by atoms with Crippen LogP contribution in [0.15, 0.2) is 18.2 Å². The minimum absolute atomic E-state index is 0.645. The van der Waals surface area contributed by atoms with Crippen LogP contribution in [0, 0.1) is 5.92 Å². The molecule has 1 aliphatic carbocycles. The van der Waals surface area contributed by atoms with Gasteiger partial charge in [-0.1, -0.05) is 26.3 Å². The molecule has 2 heteroatoms. The summed E-state index contributed by atoms with van der Waals surface area (Å²) in [6.45, 7) is 8.08. The number of anilines is 1. The van der Waals surface area contributed by atoms with Crippen molar-refractivity contribution in [2.24, 2.45) is 5.92 Å². The number of piperazine rings is 1. The lowest BCUT2D eigenvalue weighted by molar-refractivity contribution is 0.342. The van der Waals surface area contributed by atoms with E-state index in [1.807, 2.05) is 0 Å². The van der Waals surface area contributed by atoms with Crippen molar-refractivity contribution in [1.29, 1.82) is 0 Å². The Hall–Kier alpha value is -1.02. The first-order valence-electron chi connectivity index (χ1n) is 7.88. The van der Waals surface area contributed by atoms with Gasteiger partial charge in [-0.05, 0) is 48.4 Å². The second-order valence-electron chi connectivity index (χ2n) is 6.20. The first kappa shape index (κ1) is 13.0. The van der Waals surface area contributed by atoms with E-state index in [9.17, 15) is 0 Å². The van der Waals surface area contributed by atoms with E-state index < -0.39 is 0 Å². The number of nitrogens with zero attached hydrogens (tertiary/aromatic N) is 1. The molecule has 1 aromatic carbocycles. The summed E-state index contributed by atoms with van der Waals surface area (Å²) in [6.07, 6.45) is 5.17. The third-order valence-corrected chi connectivity index (χ3v) is 4.98. The molecule has 0 bridgehead atoms. The molecule has 1 aromatic rings. The monoisotopic (exact) mass is 258 g/mol. The fraction of sp³-hybridized carbons (Fsp3) is 0.647. The summed E-state index contributed by atoms with van der Waals surface area (Å²) in [4.78, 5) is 2.58. The minimum atomic E-state index is 0.645. The van der Waals surface area contributed by atoms with Crippen LogP contribution in [0.25, 0.3) is 0 Å². The summed E-state index contributed by atoms with van der Waals surface area (Å²) in [5.41, 5.74) is 4.61. The van der Waals surface area contributed by atoms with Crippen molar-refractivity contribution in [1.82, 2.24) is 5.32 Å². The maximum atomic E-state index is 3.68. The fourth-order valence-corrected chi connectivity index (χ4v) is 3.43. The lowest BCUT2D eigenvalue weighted by Crippen LogP contribution is -2.53. The van der Waals surface area contributed by atoms with Gasteiger partial charge in [-0.25, -0.2) is 0 Å². The van der Waals surface area contributed by atoms with Gasteiger partial charge >= 0.3 is 0 Å². The van der Waals surface area contributed by atoms with Crippen LogP contribution in [0.1, 0.15) is 37.8 Å². The SMILES string of the molecule is CCC(C)C1CN(c2ccc3c(c2)CCC3)CCN1. The zero-order chi connectivity index (χ0) is 13.2. The third kappa shape index (κ3) is 2.64. The average Bonchev–Trinajstić information content (AvgIpc) is 2.94. The molecule has 0 amide bonds. The molecule has 104 valence electrons. The van der Waals surface area contributed by atoms with Gasteiger partial charge in [-0.15, -0.1) is 0 Å². The van der Waals surface area contributed by atoms with Crippen LogP contribution >= 0.6 is 0 Å². The van der Waals surface area contributed by atoms with Gasteiger partial charge in [0.2, 0.25) is 0 Å². The topological polar surface area (TPSA) is 15.3 Å². The first-order chi connectivity index (χ1) is 9.28. The molecule has 0 spiro atoms. The Balaban J connectivity index is 1.74. The molecule has 2 nitrogen and oxygen atoms in total. The highest BCUT2D eigenvalue weighted by molar-refractivity contribution is 5.52. The molecule has 0 saturated carbocycles. The predicted octanol–water partition coefficient (Wildman–Crippen LogP) is 3.00. The molecule has 1 heterocycles. The summed E-state index contributed by atoms with van der Waals surface area (Å²) in [5.74, 6) is 0.761. The number of fused-ring (bicyclic) bond motifs is 1. The maximum absolute atomic E-state index is 3.68. The molecule has 2 atom stereocenters. The van der Waals surface area contributed by atoms with E-state index in [1.165, 1.54) is 31.4 Å². The van der Waals surface area contributed by atoms with Crippen LogP contribution in [0.3, 0.4) is 0 Å². The molecular weight excluding hydrogens is 232 g/mol. The number of rotatable bonds is 3. The third-order valence-electron chi connectivity index (χ3n) is 4.98. The molecule has 0 aromatic heterocycles. The van der Waals surface area contributed by atoms with Gasteiger partial charge in [0.05, 0.1) is 0 Å². The fourth-order valence-electron chi connectivity index (χ4n) is 3.43. The summed E-state index contributed by atoms with van der Waals surface area (Å²) >= 11 is 0. The lowest BCUT2D eigenvalue weighted by Gasteiger charge is -2.38. The van der Waals surface area contributed by atoms with Crippen LogP contribution < -0.4 is 10.2 Å². The molecule has 1 N–H and O–H groups in total. The zero-order valence-electron chi connectivity index (χ0n) is 12.3. The van der Waals surface area contributed by atoms with Gasteiger partial charge in [0.15, 0.2) is 0 Å². The van der Waals surface area contributed by atoms with E-state index in [0.29, 0.717) is 6.04 Å². The van der Waals surface area contributed by atoms with Gasteiger partial charge in [-0.3, -0.25) is 0 Å². The Labute approximate surface area is 117 Å². The second-order valence-corrected chi connectivity index (χ2v) is 6.20. The summed E-state index contributed by atoms with van der Waals surface area (Å²) in [5, 5.41) is 3.68. The molecular formula is C17H26N2. The standard InChI is InChI=1S/C17H26N2/c1-3-13(2)17-12-19(10-9-18-17)16-8-7-14-5-4-6-15(14)11-16/h7-8,11,13,17-18H,3-6,9-10,12H2,1-2H3. The number of hydrogen-bond donors (Lipinski definition) is 1. The molecule has 0 radical (unpaired) electrons. The quantitative estimate of drug-likeness (QED) is 0.896. The smallest absolute Gasteiger partial charge is 0.0370 e. The van der Waals surface area contributed by atoms with Crippen LogP contribution in [0.5, 0.6) is 0 Å². The number of nitrogens with one attached hydrogen (secondary N) is 1. The highest BCUT2D eigenvalue weighted by Crippen LogP contribution is 2.27.